The van der Waals surface area contributed by atoms with E-state index in [4.69, 9.17) is 18.5 Å². The van der Waals surface area contributed by atoms with Gasteiger partial charge in [0.15, 0.2) is 6.10 Å². The van der Waals surface area contributed by atoms with Gasteiger partial charge in [0.2, 0.25) is 0 Å². The molecule has 370 valence electrons. The number of aliphatic hydroxyl groups excluding tert-OH is 5. The predicted molar refractivity (Wildman–Crippen MR) is 249 cm³/mol. The number of phosphoric acid groups is 1. The maximum Gasteiger partial charge on any atom is 0.472 e. The van der Waals surface area contributed by atoms with Crippen LogP contribution in [0.25, 0.3) is 0 Å². The van der Waals surface area contributed by atoms with Gasteiger partial charge in [-0.1, -0.05) is 192 Å². The molecule has 0 aromatic carbocycles. The highest BCUT2D eigenvalue weighted by atomic mass is 31.2. The normalized spacial score (nSPS) is 21.8. The van der Waals surface area contributed by atoms with Crippen LogP contribution in [0.2, 0.25) is 0 Å². The Labute approximate surface area is 381 Å². The van der Waals surface area contributed by atoms with Crippen LogP contribution in [-0.4, -0.2) is 98.3 Å². The van der Waals surface area contributed by atoms with Gasteiger partial charge in [-0.15, -0.1) is 0 Å². The summed E-state index contributed by atoms with van der Waals surface area (Å²) in [5, 5.41) is 50.2. The van der Waals surface area contributed by atoms with Crippen molar-refractivity contribution in [3.63, 3.8) is 0 Å². The fourth-order valence-corrected chi connectivity index (χ4v) is 8.69. The van der Waals surface area contributed by atoms with Crippen molar-refractivity contribution >= 4 is 19.8 Å². The molecule has 0 saturated heterocycles. The van der Waals surface area contributed by atoms with Crippen LogP contribution in [0.4, 0.5) is 0 Å². The lowest BCUT2D eigenvalue weighted by Crippen LogP contribution is -2.64. The lowest BCUT2D eigenvalue weighted by Gasteiger charge is -2.41. The zero-order valence-electron chi connectivity index (χ0n) is 39.4. The lowest BCUT2D eigenvalue weighted by atomic mass is 9.85. The average molecular weight is 919 g/mol. The molecule has 0 amide bonds. The lowest BCUT2D eigenvalue weighted by molar-refractivity contribution is -0.220. The van der Waals surface area contributed by atoms with Crippen LogP contribution in [0.1, 0.15) is 219 Å². The Hall–Kier alpha value is -1.67. The zero-order chi connectivity index (χ0) is 46.4. The molecule has 1 fully saturated rings. The van der Waals surface area contributed by atoms with Gasteiger partial charge in [0, 0.05) is 12.8 Å². The van der Waals surface area contributed by atoms with Crippen molar-refractivity contribution in [3.8, 4) is 0 Å². The second kappa shape index (κ2) is 39.5. The smallest absolute Gasteiger partial charge is 0.462 e. The van der Waals surface area contributed by atoms with Gasteiger partial charge in [0.25, 0.3) is 0 Å². The maximum absolute atomic E-state index is 12.8. The molecule has 0 radical (unpaired) electrons. The summed E-state index contributed by atoms with van der Waals surface area (Å²) in [5.74, 6) is -1.11. The third-order valence-electron chi connectivity index (χ3n) is 11.8. The molecule has 13 nitrogen and oxygen atoms in total. The first-order valence-electron chi connectivity index (χ1n) is 25.1. The predicted octanol–water partition coefficient (Wildman–Crippen LogP) is 10.4. The van der Waals surface area contributed by atoms with Crippen LogP contribution < -0.4 is 0 Å². The molecule has 63 heavy (non-hydrogen) atoms. The van der Waals surface area contributed by atoms with Gasteiger partial charge in [-0.2, -0.15) is 0 Å². The quantitative estimate of drug-likeness (QED) is 0.0146. The highest BCUT2D eigenvalue weighted by molar-refractivity contribution is 7.47. The van der Waals surface area contributed by atoms with E-state index in [0.717, 1.165) is 64.2 Å². The van der Waals surface area contributed by atoms with Crippen molar-refractivity contribution in [2.75, 3.05) is 13.2 Å². The maximum atomic E-state index is 12.8. The molecule has 6 N–H and O–H groups in total. The first-order chi connectivity index (χ1) is 30.4. The molecule has 8 atom stereocenters. The van der Waals surface area contributed by atoms with Gasteiger partial charge in [-0.3, -0.25) is 18.6 Å². The molecule has 1 rings (SSSR count). The number of allylic oxidation sites excluding steroid dienone is 4. The van der Waals surface area contributed by atoms with Crippen molar-refractivity contribution in [3.05, 3.63) is 24.3 Å². The Bertz CT molecular complexity index is 1200. The van der Waals surface area contributed by atoms with Crippen LogP contribution in [0.15, 0.2) is 24.3 Å². The summed E-state index contributed by atoms with van der Waals surface area (Å²) in [7, 11) is -5.12. The van der Waals surface area contributed by atoms with E-state index in [1.165, 1.54) is 116 Å². The third-order valence-corrected chi connectivity index (χ3v) is 12.8. The van der Waals surface area contributed by atoms with Crippen molar-refractivity contribution in [2.24, 2.45) is 0 Å². The Morgan fingerprint density at radius 3 is 1.33 bits per heavy atom. The number of phosphoric ester groups is 1. The fourth-order valence-electron chi connectivity index (χ4n) is 7.72. The molecule has 0 aromatic heterocycles. The van der Waals surface area contributed by atoms with Gasteiger partial charge in [-0.25, -0.2) is 4.57 Å². The van der Waals surface area contributed by atoms with Gasteiger partial charge in [0.05, 0.1) is 6.61 Å². The highest BCUT2D eigenvalue weighted by Crippen LogP contribution is 2.47. The van der Waals surface area contributed by atoms with E-state index < -0.39 is 75.7 Å². The number of rotatable bonds is 42. The fraction of sp³-hybridized carbons (Fsp3) is 0.878. The second-order valence-electron chi connectivity index (χ2n) is 17.7. The summed E-state index contributed by atoms with van der Waals surface area (Å²) in [6, 6.07) is 0. The monoisotopic (exact) mass is 919 g/mol. The minimum Gasteiger partial charge on any atom is -0.462 e. The topological polar surface area (TPSA) is 210 Å². The van der Waals surface area contributed by atoms with Gasteiger partial charge < -0.3 is 39.9 Å². The van der Waals surface area contributed by atoms with E-state index in [1.54, 1.807) is 0 Å². The first-order valence-corrected chi connectivity index (χ1v) is 26.6. The van der Waals surface area contributed by atoms with Crippen LogP contribution in [0.3, 0.4) is 0 Å². The van der Waals surface area contributed by atoms with Crippen LogP contribution in [-0.2, 0) is 32.7 Å². The van der Waals surface area contributed by atoms with Crippen LogP contribution in [0, 0.1) is 0 Å². The Balaban J connectivity index is 2.38. The van der Waals surface area contributed by atoms with Crippen molar-refractivity contribution in [2.45, 2.75) is 262 Å². The molecule has 0 aromatic rings. The van der Waals surface area contributed by atoms with E-state index in [0.29, 0.717) is 12.8 Å². The Kier molecular flexibility index (Phi) is 37.2. The largest absolute Gasteiger partial charge is 0.472 e. The molecule has 0 bridgehead atoms. The molecule has 6 unspecified atom stereocenters. The average Bonchev–Trinajstić information content (AvgIpc) is 3.26. The molecular formula is C49H91O13P. The van der Waals surface area contributed by atoms with E-state index in [2.05, 4.69) is 38.2 Å². The van der Waals surface area contributed by atoms with Crippen molar-refractivity contribution in [1.82, 2.24) is 0 Å². The number of ether oxygens (including phenoxy) is 2. The van der Waals surface area contributed by atoms with Crippen molar-refractivity contribution < 1.29 is 63.1 Å². The minimum absolute atomic E-state index is 0.0833. The first kappa shape index (κ1) is 59.3. The molecule has 1 aliphatic rings. The number of aliphatic hydroxyl groups is 5. The van der Waals surface area contributed by atoms with Crippen molar-refractivity contribution in [1.29, 1.82) is 0 Å². The summed E-state index contributed by atoms with van der Waals surface area (Å²) < 4.78 is 33.6. The standard InChI is InChI=1S/C49H91O13P/c1-3-5-7-9-11-13-15-17-19-20-21-22-23-24-26-27-29-31-33-35-37-42(50)59-39-41(40-60-63(57,58)62-49-47(55)45(53)44(52)46(54)48(49)56)61-43(51)38-36-34-32-30-28-25-18-16-14-12-10-8-6-4-2/h10,12,16,18,41,44-49,52-56H,3-9,11,13-15,17,19-40H2,1-2H3,(H,57,58)/b12-10+,18-16+/t41-,44?,45-,46?,47?,48?,49?/m0/s1. The van der Waals surface area contributed by atoms with E-state index in [-0.39, 0.29) is 12.8 Å². The molecule has 0 spiro atoms. The highest BCUT2D eigenvalue weighted by Gasteiger charge is 2.51. The van der Waals surface area contributed by atoms with Gasteiger partial charge in [-0.05, 0) is 38.5 Å². The summed E-state index contributed by atoms with van der Waals surface area (Å²) in [4.78, 5) is 35.8. The second-order valence-corrected chi connectivity index (χ2v) is 19.1. The van der Waals surface area contributed by atoms with Crippen LogP contribution >= 0.6 is 7.82 Å². The van der Waals surface area contributed by atoms with Gasteiger partial charge >= 0.3 is 19.8 Å². The number of esters is 2. The number of hydrogen-bond acceptors (Lipinski definition) is 12. The third kappa shape index (κ3) is 31.8. The summed E-state index contributed by atoms with van der Waals surface area (Å²) in [6.07, 6.45) is 30.9. The minimum atomic E-state index is -5.12. The number of carbonyl (C=O) groups is 2. The summed E-state index contributed by atoms with van der Waals surface area (Å²) in [6.45, 7) is 3.27. The number of carbonyl (C=O) groups excluding carboxylic acids is 2. The number of unbranched alkanes of at least 4 members (excludes halogenated alkanes) is 26. The molecule has 0 heterocycles. The Morgan fingerprint density at radius 2 is 0.873 bits per heavy atom. The molecule has 1 saturated carbocycles. The number of hydrogen-bond donors (Lipinski definition) is 6. The summed E-state index contributed by atoms with van der Waals surface area (Å²) >= 11 is 0. The van der Waals surface area contributed by atoms with E-state index in [9.17, 15) is 44.6 Å². The van der Waals surface area contributed by atoms with Crippen LogP contribution in [0.5, 0.6) is 0 Å². The van der Waals surface area contributed by atoms with E-state index in [1.807, 2.05) is 0 Å². The summed E-state index contributed by atoms with van der Waals surface area (Å²) in [5.41, 5.74) is 0. The van der Waals surface area contributed by atoms with Gasteiger partial charge in [0.1, 0.15) is 43.2 Å². The Morgan fingerprint density at radius 1 is 0.492 bits per heavy atom. The zero-order valence-corrected chi connectivity index (χ0v) is 40.3. The molecule has 0 aliphatic heterocycles. The van der Waals surface area contributed by atoms with E-state index >= 15 is 0 Å². The molecular weight excluding hydrogens is 828 g/mol. The molecule has 1 aliphatic carbocycles. The molecule has 14 heteroatoms. The SMILES string of the molecule is CCCC/C=C/C/C=C/CCCCCCCC(=O)O[C@@H](COC(=O)CCCCCCCCCCCCCCCCCCCCCC)COP(=O)(O)OC1C(O)C(O)C(O)[C@H](O)C1O.